The molecule has 4 nitrogen and oxygen atoms in total. The summed E-state index contributed by atoms with van der Waals surface area (Å²) in [5.41, 5.74) is 2.25. The van der Waals surface area contributed by atoms with Crippen LogP contribution < -0.4 is 10.6 Å². The van der Waals surface area contributed by atoms with Crippen LogP contribution in [0, 0.1) is 5.92 Å². The number of hydrogen-bond donors (Lipinski definition) is 2. The Bertz CT molecular complexity index is 411. The van der Waals surface area contributed by atoms with E-state index in [4.69, 9.17) is 4.74 Å². The maximum atomic E-state index is 12.0. The molecular weight excluding hydrogens is 252 g/mol. The van der Waals surface area contributed by atoms with Crippen molar-refractivity contribution in [3.05, 3.63) is 29.8 Å². The van der Waals surface area contributed by atoms with Gasteiger partial charge in [0.15, 0.2) is 0 Å². The fourth-order valence-electron chi connectivity index (χ4n) is 2.29. The van der Waals surface area contributed by atoms with Gasteiger partial charge in [-0.2, -0.15) is 0 Å². The van der Waals surface area contributed by atoms with Gasteiger partial charge in [0.25, 0.3) is 0 Å². The van der Waals surface area contributed by atoms with Crippen LogP contribution in [-0.4, -0.2) is 25.7 Å². The van der Waals surface area contributed by atoms with Gasteiger partial charge in [-0.1, -0.05) is 19.1 Å². The average Bonchev–Trinajstić information content (AvgIpc) is 2.52. The topological polar surface area (TPSA) is 50.4 Å². The lowest BCUT2D eigenvalue weighted by atomic mass is 10.0. The van der Waals surface area contributed by atoms with E-state index >= 15 is 0 Å². The third kappa shape index (κ3) is 4.53. The Morgan fingerprint density at radius 3 is 2.80 bits per heavy atom. The highest BCUT2D eigenvalue weighted by Gasteiger charge is 2.21. The van der Waals surface area contributed by atoms with Crippen molar-refractivity contribution in [1.29, 1.82) is 0 Å². The zero-order chi connectivity index (χ0) is 14.2. The third-order valence-electron chi connectivity index (χ3n) is 3.53. The molecule has 20 heavy (non-hydrogen) atoms. The summed E-state index contributed by atoms with van der Waals surface area (Å²) in [5, 5.41) is 6.33. The van der Waals surface area contributed by atoms with Crippen molar-refractivity contribution in [3.63, 3.8) is 0 Å². The first kappa shape index (κ1) is 14.9. The monoisotopic (exact) mass is 276 g/mol. The van der Waals surface area contributed by atoms with Crippen LogP contribution in [0.4, 0.5) is 5.69 Å². The number of hydrogen-bond acceptors (Lipinski definition) is 3. The molecule has 1 atom stereocenters. The van der Waals surface area contributed by atoms with Gasteiger partial charge in [0.2, 0.25) is 5.91 Å². The summed E-state index contributed by atoms with van der Waals surface area (Å²) in [4.78, 5) is 12.0. The maximum absolute atomic E-state index is 12.0. The summed E-state index contributed by atoms with van der Waals surface area (Å²) >= 11 is 0. The average molecular weight is 276 g/mol. The number of carbonyl (C=O) groups excluding carboxylic acids is 1. The lowest BCUT2D eigenvalue weighted by molar-refractivity contribution is -0.129. The zero-order valence-corrected chi connectivity index (χ0v) is 12.2. The summed E-state index contributed by atoms with van der Waals surface area (Å²) in [7, 11) is 0. The third-order valence-corrected chi connectivity index (χ3v) is 3.53. The van der Waals surface area contributed by atoms with Gasteiger partial charge in [0.05, 0.1) is 12.5 Å². The molecule has 4 heteroatoms. The first-order chi connectivity index (χ1) is 9.79. The number of ether oxygens (including phenoxy) is 1. The standard InChI is InChI=1S/C16H24N2O2/c1-2-9-17-15-7-5-13(6-8-15)11-18-16(19)14-4-3-10-20-12-14/h5-8,14,17H,2-4,9-12H2,1H3,(H,18,19)/t14-/m0/s1. The SMILES string of the molecule is CCCNc1ccc(CNC(=O)[C@H]2CCCOC2)cc1. The Hall–Kier alpha value is -1.55. The molecule has 1 saturated heterocycles. The van der Waals surface area contributed by atoms with Crippen molar-refractivity contribution in [2.45, 2.75) is 32.7 Å². The van der Waals surface area contributed by atoms with Gasteiger partial charge in [0.1, 0.15) is 0 Å². The number of nitrogens with one attached hydrogen (secondary N) is 2. The largest absolute Gasteiger partial charge is 0.385 e. The van der Waals surface area contributed by atoms with E-state index in [1.165, 1.54) is 0 Å². The molecular formula is C16H24N2O2. The Morgan fingerprint density at radius 2 is 2.15 bits per heavy atom. The van der Waals surface area contributed by atoms with Crippen molar-refractivity contribution < 1.29 is 9.53 Å². The minimum atomic E-state index is 0.0224. The normalized spacial score (nSPS) is 18.6. The second-order valence-electron chi connectivity index (χ2n) is 5.26. The van der Waals surface area contributed by atoms with E-state index in [0.29, 0.717) is 13.2 Å². The van der Waals surface area contributed by atoms with Gasteiger partial charge in [-0.25, -0.2) is 0 Å². The van der Waals surface area contributed by atoms with Crippen molar-refractivity contribution in [3.8, 4) is 0 Å². The van der Waals surface area contributed by atoms with Crippen molar-refractivity contribution in [1.82, 2.24) is 5.32 Å². The molecule has 1 heterocycles. The molecule has 1 fully saturated rings. The van der Waals surface area contributed by atoms with E-state index in [2.05, 4.69) is 41.8 Å². The number of rotatable bonds is 6. The predicted molar refractivity (Wildman–Crippen MR) is 80.6 cm³/mol. The van der Waals surface area contributed by atoms with Crippen molar-refractivity contribution in [2.24, 2.45) is 5.92 Å². The van der Waals surface area contributed by atoms with Gasteiger partial charge in [-0.05, 0) is 37.0 Å². The second-order valence-corrected chi connectivity index (χ2v) is 5.26. The number of carbonyl (C=O) groups is 1. The molecule has 0 unspecified atom stereocenters. The minimum absolute atomic E-state index is 0.0224. The second kappa shape index (κ2) is 7.90. The highest BCUT2D eigenvalue weighted by atomic mass is 16.5. The van der Waals surface area contributed by atoms with E-state index in [1.807, 2.05) is 0 Å². The molecule has 1 amide bonds. The molecule has 0 bridgehead atoms. The van der Waals surface area contributed by atoms with Crippen LogP contribution in [0.5, 0.6) is 0 Å². The van der Waals surface area contributed by atoms with E-state index in [-0.39, 0.29) is 11.8 Å². The Morgan fingerprint density at radius 1 is 1.35 bits per heavy atom. The molecule has 1 aliphatic heterocycles. The van der Waals surface area contributed by atoms with Crippen LogP contribution >= 0.6 is 0 Å². The van der Waals surface area contributed by atoms with Crippen LogP contribution in [0.25, 0.3) is 0 Å². The molecule has 0 aromatic heterocycles. The number of amides is 1. The van der Waals surface area contributed by atoms with Crippen LogP contribution in [0.1, 0.15) is 31.7 Å². The lowest BCUT2D eigenvalue weighted by Gasteiger charge is -2.21. The minimum Gasteiger partial charge on any atom is -0.385 e. The fraction of sp³-hybridized carbons (Fsp3) is 0.562. The van der Waals surface area contributed by atoms with Crippen molar-refractivity contribution in [2.75, 3.05) is 25.1 Å². The van der Waals surface area contributed by atoms with Crippen LogP contribution in [-0.2, 0) is 16.1 Å². The van der Waals surface area contributed by atoms with Crippen LogP contribution in [0.15, 0.2) is 24.3 Å². The lowest BCUT2D eigenvalue weighted by Crippen LogP contribution is -2.35. The van der Waals surface area contributed by atoms with Gasteiger partial charge >= 0.3 is 0 Å². The molecule has 1 aromatic carbocycles. The summed E-state index contributed by atoms with van der Waals surface area (Å²) < 4.78 is 5.34. The molecule has 0 aliphatic carbocycles. The number of benzene rings is 1. The summed E-state index contributed by atoms with van der Waals surface area (Å²) in [6.07, 6.45) is 3.03. The zero-order valence-electron chi connectivity index (χ0n) is 12.2. The Balaban J connectivity index is 1.76. The molecule has 0 radical (unpaired) electrons. The number of anilines is 1. The Kier molecular flexibility index (Phi) is 5.87. The molecule has 2 rings (SSSR count). The van der Waals surface area contributed by atoms with Crippen LogP contribution in [0.2, 0.25) is 0 Å². The quantitative estimate of drug-likeness (QED) is 0.839. The maximum Gasteiger partial charge on any atom is 0.225 e. The van der Waals surface area contributed by atoms with E-state index in [0.717, 1.165) is 43.7 Å². The smallest absolute Gasteiger partial charge is 0.225 e. The first-order valence-corrected chi connectivity index (χ1v) is 7.48. The molecule has 2 N–H and O–H groups in total. The highest BCUT2D eigenvalue weighted by molar-refractivity contribution is 5.78. The molecule has 1 aromatic rings. The van der Waals surface area contributed by atoms with Gasteiger partial charge < -0.3 is 15.4 Å². The highest BCUT2D eigenvalue weighted by Crippen LogP contribution is 2.14. The molecule has 0 saturated carbocycles. The van der Waals surface area contributed by atoms with E-state index in [1.54, 1.807) is 0 Å². The molecule has 110 valence electrons. The fourth-order valence-corrected chi connectivity index (χ4v) is 2.29. The van der Waals surface area contributed by atoms with Crippen LogP contribution in [0.3, 0.4) is 0 Å². The van der Waals surface area contributed by atoms with Gasteiger partial charge in [-0.15, -0.1) is 0 Å². The predicted octanol–water partition coefficient (Wildman–Crippen LogP) is 2.55. The Labute approximate surface area is 120 Å². The van der Waals surface area contributed by atoms with Gasteiger partial charge in [0, 0.05) is 25.4 Å². The van der Waals surface area contributed by atoms with E-state index < -0.39 is 0 Å². The van der Waals surface area contributed by atoms with E-state index in [9.17, 15) is 4.79 Å². The summed E-state index contributed by atoms with van der Waals surface area (Å²) in [6.45, 7) is 5.06. The molecule has 0 spiro atoms. The summed E-state index contributed by atoms with van der Waals surface area (Å²) in [5.74, 6) is 0.132. The molecule has 1 aliphatic rings. The van der Waals surface area contributed by atoms with Gasteiger partial charge in [-0.3, -0.25) is 4.79 Å². The van der Waals surface area contributed by atoms with Crippen molar-refractivity contribution >= 4 is 11.6 Å². The summed E-state index contributed by atoms with van der Waals surface area (Å²) in [6, 6.07) is 8.22. The first-order valence-electron chi connectivity index (χ1n) is 7.48.